The molecular weight excluding hydrogens is 344 g/mol. The van der Waals surface area contributed by atoms with Crippen molar-refractivity contribution >= 4 is 40.1 Å². The standard InChI is InChI=1S/C16H13ClN6S/c17-13-3-1-2-9(20-13)11-8-19-10-4-5-12(22-14(10)21-11)16(6-7-16)23-15(18)24/h1-5,8H,6-7H2,(H3,18,23,24). The first-order chi connectivity index (χ1) is 11.6. The average molecular weight is 357 g/mol. The first-order valence-electron chi connectivity index (χ1n) is 7.41. The minimum atomic E-state index is -0.272. The molecular formula is C16H13ClN6S. The second kappa shape index (κ2) is 5.61. The van der Waals surface area contributed by atoms with Crippen LogP contribution in [0.15, 0.2) is 36.5 Å². The Balaban J connectivity index is 1.77. The number of thiocarbonyl (C=S) groups is 1. The predicted octanol–water partition coefficient (Wildman–Crippen LogP) is 2.56. The number of fused-ring (bicyclic) bond motifs is 1. The summed E-state index contributed by atoms with van der Waals surface area (Å²) in [6, 6.07) is 9.22. The van der Waals surface area contributed by atoms with E-state index in [4.69, 9.17) is 29.6 Å². The molecule has 3 heterocycles. The van der Waals surface area contributed by atoms with Crippen molar-refractivity contribution in [1.82, 2.24) is 25.3 Å². The number of aromatic nitrogens is 4. The van der Waals surface area contributed by atoms with Gasteiger partial charge in [0.2, 0.25) is 0 Å². The third kappa shape index (κ3) is 2.76. The fraction of sp³-hybridized carbons (Fsp3) is 0.188. The van der Waals surface area contributed by atoms with E-state index in [0.717, 1.165) is 24.1 Å². The first kappa shape index (κ1) is 15.2. The van der Waals surface area contributed by atoms with Crippen LogP contribution in [-0.4, -0.2) is 25.0 Å². The molecule has 3 aromatic heterocycles. The lowest BCUT2D eigenvalue weighted by Gasteiger charge is -2.17. The highest BCUT2D eigenvalue weighted by Crippen LogP contribution is 2.44. The third-order valence-corrected chi connectivity index (χ3v) is 4.30. The van der Waals surface area contributed by atoms with Crippen LogP contribution >= 0.6 is 23.8 Å². The molecule has 3 aromatic rings. The van der Waals surface area contributed by atoms with E-state index in [-0.39, 0.29) is 10.7 Å². The highest BCUT2D eigenvalue weighted by molar-refractivity contribution is 7.80. The van der Waals surface area contributed by atoms with Gasteiger partial charge in [-0.1, -0.05) is 17.7 Å². The molecule has 120 valence electrons. The number of pyridine rings is 2. The second-order valence-corrected chi connectivity index (χ2v) is 6.54. The van der Waals surface area contributed by atoms with Crippen LogP contribution in [0.2, 0.25) is 5.15 Å². The highest BCUT2D eigenvalue weighted by atomic mass is 35.5. The fourth-order valence-electron chi connectivity index (χ4n) is 2.64. The molecule has 1 aliphatic carbocycles. The lowest BCUT2D eigenvalue weighted by molar-refractivity contribution is 0.626. The summed E-state index contributed by atoms with van der Waals surface area (Å²) in [5.74, 6) is 0. The van der Waals surface area contributed by atoms with Crippen LogP contribution < -0.4 is 11.1 Å². The number of hydrogen-bond donors (Lipinski definition) is 2. The summed E-state index contributed by atoms with van der Waals surface area (Å²) in [7, 11) is 0. The average Bonchev–Trinajstić information content (AvgIpc) is 3.34. The largest absolute Gasteiger partial charge is 0.376 e. The van der Waals surface area contributed by atoms with Crippen LogP contribution in [0.4, 0.5) is 0 Å². The van der Waals surface area contributed by atoms with Gasteiger partial charge in [0, 0.05) is 0 Å². The molecule has 0 bridgehead atoms. The summed E-state index contributed by atoms with van der Waals surface area (Å²) in [6.45, 7) is 0. The summed E-state index contributed by atoms with van der Waals surface area (Å²) < 4.78 is 0. The predicted molar refractivity (Wildman–Crippen MR) is 96.4 cm³/mol. The summed E-state index contributed by atoms with van der Waals surface area (Å²) in [6.07, 6.45) is 3.54. The Kier molecular flexibility index (Phi) is 3.54. The van der Waals surface area contributed by atoms with Gasteiger partial charge in [-0.3, -0.25) is 4.98 Å². The van der Waals surface area contributed by atoms with Crippen molar-refractivity contribution in [3.8, 4) is 11.4 Å². The van der Waals surface area contributed by atoms with Crippen LogP contribution in [0.5, 0.6) is 0 Å². The molecule has 0 saturated heterocycles. The monoisotopic (exact) mass is 356 g/mol. The third-order valence-electron chi connectivity index (χ3n) is 3.99. The molecule has 1 fully saturated rings. The van der Waals surface area contributed by atoms with E-state index in [1.807, 2.05) is 24.3 Å². The van der Waals surface area contributed by atoms with E-state index in [1.165, 1.54) is 0 Å². The molecule has 4 rings (SSSR count). The van der Waals surface area contributed by atoms with Gasteiger partial charge in [0.15, 0.2) is 10.8 Å². The van der Waals surface area contributed by atoms with Crippen molar-refractivity contribution in [2.45, 2.75) is 18.4 Å². The summed E-state index contributed by atoms with van der Waals surface area (Å²) in [4.78, 5) is 17.9. The Bertz CT molecular complexity index is 956. The number of nitrogens with zero attached hydrogens (tertiary/aromatic N) is 4. The smallest absolute Gasteiger partial charge is 0.179 e. The van der Waals surface area contributed by atoms with E-state index < -0.39 is 0 Å². The van der Waals surface area contributed by atoms with Crippen molar-refractivity contribution in [2.75, 3.05) is 0 Å². The van der Waals surface area contributed by atoms with Gasteiger partial charge in [-0.25, -0.2) is 15.0 Å². The van der Waals surface area contributed by atoms with E-state index in [9.17, 15) is 0 Å². The molecule has 0 atom stereocenters. The van der Waals surface area contributed by atoms with Crippen LogP contribution in [0.25, 0.3) is 22.6 Å². The van der Waals surface area contributed by atoms with E-state index >= 15 is 0 Å². The Labute approximate surface area is 148 Å². The minimum absolute atomic E-state index is 0.272. The lowest BCUT2D eigenvalue weighted by Crippen LogP contribution is -2.39. The van der Waals surface area contributed by atoms with E-state index in [2.05, 4.69) is 25.3 Å². The quantitative estimate of drug-likeness (QED) is 0.550. The number of halogens is 1. The van der Waals surface area contributed by atoms with Gasteiger partial charge in [-0.15, -0.1) is 0 Å². The van der Waals surface area contributed by atoms with E-state index in [1.54, 1.807) is 12.3 Å². The van der Waals surface area contributed by atoms with Gasteiger partial charge in [0.25, 0.3) is 0 Å². The molecule has 1 aliphatic rings. The van der Waals surface area contributed by atoms with Crippen LogP contribution in [-0.2, 0) is 5.54 Å². The zero-order valence-corrected chi connectivity index (χ0v) is 14.1. The number of hydrogen-bond acceptors (Lipinski definition) is 5. The molecule has 0 amide bonds. The van der Waals surface area contributed by atoms with Gasteiger partial charge < -0.3 is 11.1 Å². The fourth-order valence-corrected chi connectivity index (χ4v) is 3.00. The molecule has 3 N–H and O–H groups in total. The molecule has 0 aromatic carbocycles. The van der Waals surface area contributed by atoms with Gasteiger partial charge in [-0.2, -0.15) is 0 Å². The number of rotatable bonds is 3. The molecule has 0 spiro atoms. The molecule has 1 saturated carbocycles. The van der Waals surface area contributed by atoms with Gasteiger partial charge in [0.1, 0.15) is 16.4 Å². The second-order valence-electron chi connectivity index (χ2n) is 5.71. The molecule has 8 heteroatoms. The summed E-state index contributed by atoms with van der Waals surface area (Å²) >= 11 is 10.9. The number of nitrogens with one attached hydrogen (secondary N) is 1. The lowest BCUT2D eigenvalue weighted by atomic mass is 10.1. The highest BCUT2D eigenvalue weighted by Gasteiger charge is 2.46. The zero-order valence-electron chi connectivity index (χ0n) is 12.5. The van der Waals surface area contributed by atoms with Crippen LogP contribution in [0.3, 0.4) is 0 Å². The Morgan fingerprint density at radius 1 is 1.12 bits per heavy atom. The molecule has 0 aliphatic heterocycles. The van der Waals surface area contributed by atoms with Gasteiger partial charge >= 0.3 is 0 Å². The number of nitrogens with two attached hydrogens (primary N) is 1. The van der Waals surface area contributed by atoms with Gasteiger partial charge in [-0.05, 0) is 49.3 Å². The van der Waals surface area contributed by atoms with E-state index in [0.29, 0.717) is 22.2 Å². The topological polar surface area (TPSA) is 89.6 Å². The normalized spacial score (nSPS) is 15.2. The molecule has 0 unspecified atom stereocenters. The van der Waals surface area contributed by atoms with Crippen LogP contribution in [0.1, 0.15) is 18.5 Å². The minimum Gasteiger partial charge on any atom is -0.376 e. The maximum absolute atomic E-state index is 5.95. The SMILES string of the molecule is NC(=S)NC1(c2ccc3ncc(-c4cccc(Cl)n4)nc3n2)CC1. The zero-order chi connectivity index (χ0) is 16.7. The summed E-state index contributed by atoms with van der Waals surface area (Å²) in [5, 5.41) is 3.82. The first-order valence-corrected chi connectivity index (χ1v) is 8.19. The Hall–Kier alpha value is -2.38. The van der Waals surface area contributed by atoms with Crippen LogP contribution in [0, 0.1) is 0 Å². The summed E-state index contributed by atoms with van der Waals surface area (Å²) in [5.41, 5.74) is 8.79. The molecule has 6 nitrogen and oxygen atoms in total. The maximum atomic E-state index is 5.95. The van der Waals surface area contributed by atoms with Gasteiger partial charge in [0.05, 0.1) is 23.1 Å². The van der Waals surface area contributed by atoms with Crippen molar-refractivity contribution < 1.29 is 0 Å². The van der Waals surface area contributed by atoms with Crippen molar-refractivity contribution in [1.29, 1.82) is 0 Å². The van der Waals surface area contributed by atoms with Crippen molar-refractivity contribution in [3.05, 3.63) is 47.4 Å². The Morgan fingerprint density at radius 2 is 1.96 bits per heavy atom. The van der Waals surface area contributed by atoms with Crippen molar-refractivity contribution in [3.63, 3.8) is 0 Å². The van der Waals surface area contributed by atoms with Crippen molar-refractivity contribution in [2.24, 2.45) is 5.73 Å². The Morgan fingerprint density at radius 3 is 2.67 bits per heavy atom. The maximum Gasteiger partial charge on any atom is 0.179 e. The molecule has 0 radical (unpaired) electrons. The molecule has 24 heavy (non-hydrogen) atoms.